The SMILES string of the molecule is O=C(O)C1CC1C(=O)c1ccc(-c2ccco2)c(Cl)c1. The highest BCUT2D eigenvalue weighted by Crippen LogP contribution is 2.41. The minimum absolute atomic E-state index is 0.162. The molecule has 0 spiro atoms. The number of carbonyl (C=O) groups excluding carboxylic acids is 1. The second-order valence-electron chi connectivity index (χ2n) is 4.82. The van der Waals surface area contributed by atoms with Crippen molar-refractivity contribution in [2.45, 2.75) is 6.42 Å². The highest BCUT2D eigenvalue weighted by atomic mass is 35.5. The van der Waals surface area contributed by atoms with Crippen LogP contribution in [-0.2, 0) is 4.79 Å². The van der Waals surface area contributed by atoms with Crippen LogP contribution < -0.4 is 0 Å². The first-order valence-electron chi connectivity index (χ1n) is 6.18. The van der Waals surface area contributed by atoms with Gasteiger partial charge in [0, 0.05) is 17.0 Å². The van der Waals surface area contributed by atoms with Gasteiger partial charge in [-0.2, -0.15) is 0 Å². The van der Waals surface area contributed by atoms with Gasteiger partial charge >= 0.3 is 5.97 Å². The number of benzene rings is 1. The molecule has 0 saturated heterocycles. The molecule has 1 aliphatic rings. The predicted molar refractivity (Wildman–Crippen MR) is 72.7 cm³/mol. The highest BCUT2D eigenvalue weighted by molar-refractivity contribution is 6.33. The Morgan fingerprint density at radius 2 is 2.05 bits per heavy atom. The summed E-state index contributed by atoms with van der Waals surface area (Å²) in [5.41, 5.74) is 1.15. The van der Waals surface area contributed by atoms with E-state index >= 15 is 0 Å². The molecule has 1 fully saturated rings. The quantitative estimate of drug-likeness (QED) is 0.875. The van der Waals surface area contributed by atoms with Crippen LogP contribution in [0.1, 0.15) is 16.8 Å². The van der Waals surface area contributed by atoms with E-state index in [1.807, 2.05) is 0 Å². The molecule has 4 nitrogen and oxygen atoms in total. The summed E-state index contributed by atoms with van der Waals surface area (Å²) in [4.78, 5) is 22.9. The lowest BCUT2D eigenvalue weighted by Crippen LogP contribution is -2.08. The molecule has 1 N–H and O–H groups in total. The fourth-order valence-electron chi connectivity index (χ4n) is 2.27. The lowest BCUT2D eigenvalue weighted by atomic mass is 10.0. The molecule has 0 amide bonds. The van der Waals surface area contributed by atoms with Crippen LogP contribution in [0.25, 0.3) is 11.3 Å². The molecule has 20 heavy (non-hydrogen) atoms. The molecule has 102 valence electrons. The second kappa shape index (κ2) is 4.80. The van der Waals surface area contributed by atoms with Gasteiger partial charge in [-0.3, -0.25) is 9.59 Å². The number of ketones is 1. The van der Waals surface area contributed by atoms with E-state index in [0.717, 1.165) is 0 Å². The Balaban J connectivity index is 1.85. The molecule has 1 aromatic carbocycles. The van der Waals surface area contributed by atoms with Gasteiger partial charge in [0.25, 0.3) is 0 Å². The molecular weight excluding hydrogens is 280 g/mol. The molecule has 0 bridgehead atoms. The van der Waals surface area contributed by atoms with E-state index in [9.17, 15) is 9.59 Å². The maximum absolute atomic E-state index is 12.1. The van der Waals surface area contributed by atoms with Crippen molar-refractivity contribution in [2.75, 3.05) is 0 Å². The van der Waals surface area contributed by atoms with Crippen molar-refractivity contribution in [1.82, 2.24) is 0 Å². The number of carboxylic acids is 1. The number of Topliss-reactive ketones (excluding diaryl/α,β-unsaturated/α-hetero) is 1. The number of aliphatic carboxylic acids is 1. The molecule has 1 aromatic heterocycles. The van der Waals surface area contributed by atoms with Crippen LogP contribution in [0.15, 0.2) is 41.0 Å². The number of hydrogen-bond donors (Lipinski definition) is 1. The van der Waals surface area contributed by atoms with Crippen LogP contribution in [0.3, 0.4) is 0 Å². The monoisotopic (exact) mass is 290 g/mol. The maximum atomic E-state index is 12.1. The fraction of sp³-hybridized carbons (Fsp3) is 0.200. The lowest BCUT2D eigenvalue weighted by molar-refractivity contribution is -0.138. The standard InChI is InChI=1S/C15H11ClO4/c16-12-6-8(14(17)10-7-11(10)15(18)19)3-4-9(12)13-2-1-5-20-13/h1-6,10-11H,7H2,(H,18,19). The van der Waals surface area contributed by atoms with E-state index in [0.29, 0.717) is 28.3 Å². The average molecular weight is 291 g/mol. The van der Waals surface area contributed by atoms with E-state index in [4.69, 9.17) is 21.1 Å². The van der Waals surface area contributed by atoms with Crippen LogP contribution in [0.4, 0.5) is 0 Å². The van der Waals surface area contributed by atoms with Gasteiger partial charge in [-0.25, -0.2) is 0 Å². The van der Waals surface area contributed by atoms with Crippen LogP contribution in [0.2, 0.25) is 5.02 Å². The Labute approximate surface area is 120 Å². The van der Waals surface area contributed by atoms with E-state index in [1.165, 1.54) is 0 Å². The van der Waals surface area contributed by atoms with Crippen molar-refractivity contribution >= 4 is 23.4 Å². The summed E-state index contributed by atoms with van der Waals surface area (Å²) in [5.74, 6) is -1.42. The lowest BCUT2D eigenvalue weighted by Gasteiger charge is -2.04. The summed E-state index contributed by atoms with van der Waals surface area (Å²) in [6.45, 7) is 0. The number of hydrogen-bond acceptors (Lipinski definition) is 3. The molecule has 2 atom stereocenters. The third-order valence-corrected chi connectivity index (χ3v) is 3.80. The minimum atomic E-state index is -0.915. The van der Waals surface area contributed by atoms with Gasteiger partial charge in [-0.15, -0.1) is 0 Å². The zero-order valence-corrected chi connectivity index (χ0v) is 11.1. The van der Waals surface area contributed by atoms with E-state index in [1.54, 1.807) is 36.6 Å². The Kier molecular flexibility index (Phi) is 3.10. The summed E-state index contributed by atoms with van der Waals surface area (Å²) < 4.78 is 5.26. The average Bonchev–Trinajstić information content (AvgIpc) is 3.05. The van der Waals surface area contributed by atoms with Gasteiger partial charge in [0.15, 0.2) is 5.78 Å². The number of rotatable bonds is 4. The largest absolute Gasteiger partial charge is 0.481 e. The number of carbonyl (C=O) groups is 2. The zero-order valence-electron chi connectivity index (χ0n) is 10.4. The summed E-state index contributed by atoms with van der Waals surface area (Å²) in [5, 5.41) is 9.27. The van der Waals surface area contributed by atoms with Crippen molar-refractivity contribution in [3.63, 3.8) is 0 Å². The third-order valence-electron chi connectivity index (χ3n) is 3.48. The van der Waals surface area contributed by atoms with Crippen LogP contribution in [-0.4, -0.2) is 16.9 Å². The minimum Gasteiger partial charge on any atom is -0.481 e. The maximum Gasteiger partial charge on any atom is 0.307 e. The van der Waals surface area contributed by atoms with Gasteiger partial charge in [-0.1, -0.05) is 17.7 Å². The van der Waals surface area contributed by atoms with Gasteiger partial charge in [0.05, 0.1) is 17.2 Å². The highest BCUT2D eigenvalue weighted by Gasteiger charge is 2.48. The summed E-state index contributed by atoms with van der Waals surface area (Å²) in [6, 6.07) is 8.48. The first-order chi connectivity index (χ1) is 9.58. The molecule has 5 heteroatoms. The Hall–Kier alpha value is -2.07. The second-order valence-corrected chi connectivity index (χ2v) is 5.23. The van der Waals surface area contributed by atoms with Crippen molar-refractivity contribution in [3.05, 3.63) is 47.2 Å². The summed E-state index contributed by atoms with van der Waals surface area (Å²) >= 11 is 6.16. The molecule has 2 aromatic rings. The van der Waals surface area contributed by atoms with E-state index < -0.39 is 17.8 Å². The molecule has 1 heterocycles. The first kappa shape index (κ1) is 12.9. The number of carboxylic acid groups (broad SMARTS) is 1. The van der Waals surface area contributed by atoms with Crippen molar-refractivity contribution in [1.29, 1.82) is 0 Å². The van der Waals surface area contributed by atoms with Gasteiger partial charge in [0.1, 0.15) is 5.76 Å². The first-order valence-corrected chi connectivity index (χ1v) is 6.56. The molecule has 1 saturated carbocycles. The van der Waals surface area contributed by atoms with Crippen molar-refractivity contribution in [2.24, 2.45) is 11.8 Å². The van der Waals surface area contributed by atoms with Gasteiger partial charge < -0.3 is 9.52 Å². The Bertz CT molecular complexity index is 675. The Morgan fingerprint density at radius 3 is 2.60 bits per heavy atom. The van der Waals surface area contributed by atoms with Crippen LogP contribution in [0.5, 0.6) is 0 Å². The normalized spacial score (nSPS) is 20.6. The smallest absolute Gasteiger partial charge is 0.307 e. The molecule has 2 unspecified atom stereocenters. The van der Waals surface area contributed by atoms with E-state index in [-0.39, 0.29) is 5.78 Å². The third kappa shape index (κ3) is 2.23. The molecule has 3 rings (SSSR count). The van der Waals surface area contributed by atoms with Crippen molar-refractivity contribution in [3.8, 4) is 11.3 Å². The molecular formula is C15H11ClO4. The number of halogens is 1. The predicted octanol–water partition coefficient (Wildman–Crippen LogP) is 3.50. The van der Waals surface area contributed by atoms with Crippen molar-refractivity contribution < 1.29 is 19.1 Å². The molecule has 1 aliphatic carbocycles. The van der Waals surface area contributed by atoms with Crippen LogP contribution >= 0.6 is 11.6 Å². The van der Waals surface area contributed by atoms with E-state index in [2.05, 4.69) is 0 Å². The van der Waals surface area contributed by atoms with Gasteiger partial charge in [-0.05, 0) is 30.7 Å². The summed E-state index contributed by atoms with van der Waals surface area (Å²) in [7, 11) is 0. The summed E-state index contributed by atoms with van der Waals surface area (Å²) in [6.07, 6.45) is 1.96. The Morgan fingerprint density at radius 1 is 1.25 bits per heavy atom. The number of furan rings is 1. The zero-order chi connectivity index (χ0) is 14.3. The fourth-order valence-corrected chi connectivity index (χ4v) is 2.55. The van der Waals surface area contributed by atoms with Crippen LogP contribution in [0, 0.1) is 11.8 Å². The topological polar surface area (TPSA) is 67.5 Å². The molecule has 0 radical (unpaired) electrons. The molecule has 0 aliphatic heterocycles. The van der Waals surface area contributed by atoms with Gasteiger partial charge in [0.2, 0.25) is 0 Å².